The van der Waals surface area contributed by atoms with E-state index in [1.807, 2.05) is 11.0 Å². The minimum absolute atomic E-state index is 0.00703. The van der Waals surface area contributed by atoms with Crippen LogP contribution in [-0.4, -0.2) is 35.1 Å². The molecule has 1 aromatic heterocycles. The Morgan fingerprint density at radius 2 is 1.81 bits per heavy atom. The molecule has 1 N–H and O–H groups in total. The van der Waals surface area contributed by atoms with Gasteiger partial charge in [0.1, 0.15) is 0 Å². The van der Waals surface area contributed by atoms with Crippen LogP contribution in [0.1, 0.15) is 38.5 Å². The van der Waals surface area contributed by atoms with Gasteiger partial charge < -0.3 is 14.8 Å². The van der Waals surface area contributed by atoms with E-state index in [-0.39, 0.29) is 11.6 Å². The van der Waals surface area contributed by atoms with Crippen LogP contribution in [0.5, 0.6) is 0 Å². The second kappa shape index (κ2) is 8.49. The number of amides is 2. The summed E-state index contributed by atoms with van der Waals surface area (Å²) in [5.41, 5.74) is 0.00703. The molecule has 21 heavy (non-hydrogen) atoms. The zero-order chi connectivity index (χ0) is 14.9. The molecule has 0 atom stereocenters. The SMILES string of the molecule is O=C(NCCCn1ccccc1=O)N1CCCCCCC1. The number of rotatable bonds is 4. The maximum absolute atomic E-state index is 12.1. The van der Waals surface area contributed by atoms with Crippen molar-refractivity contribution in [3.8, 4) is 0 Å². The lowest BCUT2D eigenvalue weighted by molar-refractivity contribution is 0.192. The maximum Gasteiger partial charge on any atom is 0.317 e. The fraction of sp³-hybridized carbons (Fsp3) is 0.625. The Balaban J connectivity index is 1.69. The number of urea groups is 1. The third-order valence-electron chi connectivity index (χ3n) is 3.89. The predicted octanol–water partition coefficient (Wildman–Crippen LogP) is 2.21. The molecule has 1 aromatic rings. The van der Waals surface area contributed by atoms with Gasteiger partial charge in [-0.1, -0.05) is 25.3 Å². The molecule has 0 radical (unpaired) electrons. The summed E-state index contributed by atoms with van der Waals surface area (Å²) in [7, 11) is 0. The van der Waals surface area contributed by atoms with Gasteiger partial charge in [0.15, 0.2) is 0 Å². The molecule has 5 heteroatoms. The van der Waals surface area contributed by atoms with Gasteiger partial charge in [-0.05, 0) is 25.3 Å². The van der Waals surface area contributed by atoms with Gasteiger partial charge in [0.05, 0.1) is 0 Å². The fourth-order valence-corrected chi connectivity index (χ4v) is 2.65. The highest BCUT2D eigenvalue weighted by Crippen LogP contribution is 2.10. The average molecular weight is 291 g/mol. The third kappa shape index (κ3) is 5.25. The molecule has 0 aliphatic carbocycles. The van der Waals surface area contributed by atoms with Crippen molar-refractivity contribution in [2.75, 3.05) is 19.6 Å². The first-order chi connectivity index (χ1) is 10.3. The van der Waals surface area contributed by atoms with Crippen molar-refractivity contribution in [3.63, 3.8) is 0 Å². The molecule has 1 aliphatic heterocycles. The van der Waals surface area contributed by atoms with Gasteiger partial charge >= 0.3 is 6.03 Å². The van der Waals surface area contributed by atoms with E-state index in [1.54, 1.807) is 22.9 Å². The van der Waals surface area contributed by atoms with Crippen LogP contribution < -0.4 is 10.9 Å². The topological polar surface area (TPSA) is 54.3 Å². The molecule has 116 valence electrons. The van der Waals surface area contributed by atoms with E-state index in [0.717, 1.165) is 32.4 Å². The third-order valence-corrected chi connectivity index (χ3v) is 3.89. The Hall–Kier alpha value is -1.78. The van der Waals surface area contributed by atoms with Crippen molar-refractivity contribution >= 4 is 6.03 Å². The van der Waals surface area contributed by atoms with Crippen LogP contribution in [0.2, 0.25) is 0 Å². The summed E-state index contributed by atoms with van der Waals surface area (Å²) in [6.07, 6.45) is 8.49. The molecule has 0 aromatic carbocycles. The van der Waals surface area contributed by atoms with Crippen molar-refractivity contribution in [2.45, 2.75) is 45.1 Å². The molecule has 1 fully saturated rings. The standard InChI is InChI=1S/C16H25N3O2/c20-15-9-4-7-11-18(15)14-8-10-17-16(21)19-12-5-2-1-3-6-13-19/h4,7,9,11H,1-3,5-6,8,10,12-14H2,(H,17,21). The van der Waals surface area contributed by atoms with E-state index in [9.17, 15) is 9.59 Å². The zero-order valence-corrected chi connectivity index (χ0v) is 12.6. The molecular weight excluding hydrogens is 266 g/mol. The number of aryl methyl sites for hydroxylation is 1. The van der Waals surface area contributed by atoms with Gasteiger partial charge in [-0.15, -0.1) is 0 Å². The van der Waals surface area contributed by atoms with Crippen LogP contribution in [0.3, 0.4) is 0 Å². The summed E-state index contributed by atoms with van der Waals surface area (Å²) < 4.78 is 1.67. The number of carbonyl (C=O) groups is 1. The summed E-state index contributed by atoms with van der Waals surface area (Å²) in [5.74, 6) is 0. The number of nitrogens with one attached hydrogen (secondary N) is 1. The molecule has 2 amide bonds. The van der Waals surface area contributed by atoms with E-state index in [2.05, 4.69) is 5.32 Å². The Labute approximate surface area is 126 Å². The number of carbonyl (C=O) groups excluding carboxylic acids is 1. The van der Waals surface area contributed by atoms with Gasteiger partial charge in [0.2, 0.25) is 5.56 Å². The lowest BCUT2D eigenvalue weighted by Gasteiger charge is -2.25. The monoisotopic (exact) mass is 291 g/mol. The van der Waals surface area contributed by atoms with E-state index >= 15 is 0 Å². The molecule has 1 saturated heterocycles. The lowest BCUT2D eigenvalue weighted by atomic mass is 10.1. The maximum atomic E-state index is 12.1. The highest BCUT2D eigenvalue weighted by atomic mass is 16.2. The summed E-state index contributed by atoms with van der Waals surface area (Å²) >= 11 is 0. The first-order valence-electron chi connectivity index (χ1n) is 7.95. The van der Waals surface area contributed by atoms with Gasteiger partial charge in [0.25, 0.3) is 0 Å². The molecule has 0 saturated carbocycles. The molecule has 5 nitrogen and oxygen atoms in total. The van der Waals surface area contributed by atoms with Crippen LogP contribution in [0.15, 0.2) is 29.2 Å². The molecule has 0 spiro atoms. The quantitative estimate of drug-likeness (QED) is 0.865. The number of aromatic nitrogens is 1. The molecular formula is C16H25N3O2. The van der Waals surface area contributed by atoms with E-state index < -0.39 is 0 Å². The number of pyridine rings is 1. The molecule has 0 unspecified atom stereocenters. The number of nitrogens with zero attached hydrogens (tertiary/aromatic N) is 2. The fourth-order valence-electron chi connectivity index (χ4n) is 2.65. The Morgan fingerprint density at radius 1 is 1.10 bits per heavy atom. The summed E-state index contributed by atoms with van der Waals surface area (Å²) in [5, 5.41) is 2.96. The van der Waals surface area contributed by atoms with E-state index in [0.29, 0.717) is 13.1 Å². The Bertz CT molecular complexity index is 490. The van der Waals surface area contributed by atoms with Crippen LogP contribution in [0, 0.1) is 0 Å². The first-order valence-corrected chi connectivity index (χ1v) is 7.95. The van der Waals surface area contributed by atoms with E-state index in [1.165, 1.54) is 19.3 Å². The smallest absolute Gasteiger partial charge is 0.317 e. The van der Waals surface area contributed by atoms with Crippen LogP contribution in [0.25, 0.3) is 0 Å². The first kappa shape index (κ1) is 15.6. The lowest BCUT2D eigenvalue weighted by Crippen LogP contribution is -2.42. The van der Waals surface area contributed by atoms with Gasteiger partial charge in [-0.25, -0.2) is 4.79 Å². The van der Waals surface area contributed by atoms with Crippen LogP contribution >= 0.6 is 0 Å². The second-order valence-corrected chi connectivity index (χ2v) is 5.57. The Morgan fingerprint density at radius 3 is 2.52 bits per heavy atom. The molecule has 2 rings (SSSR count). The zero-order valence-electron chi connectivity index (χ0n) is 12.6. The van der Waals surface area contributed by atoms with Crippen molar-refractivity contribution in [1.82, 2.24) is 14.8 Å². The van der Waals surface area contributed by atoms with Crippen molar-refractivity contribution < 1.29 is 4.79 Å². The van der Waals surface area contributed by atoms with Crippen molar-refractivity contribution in [1.29, 1.82) is 0 Å². The van der Waals surface area contributed by atoms with Gasteiger partial charge in [-0.3, -0.25) is 4.79 Å². The van der Waals surface area contributed by atoms with Crippen LogP contribution in [0.4, 0.5) is 4.79 Å². The summed E-state index contributed by atoms with van der Waals surface area (Å²) in [6.45, 7) is 2.98. The molecule has 2 heterocycles. The number of likely N-dealkylation sites (tertiary alicyclic amines) is 1. The minimum Gasteiger partial charge on any atom is -0.338 e. The summed E-state index contributed by atoms with van der Waals surface area (Å²) in [6, 6.07) is 5.18. The largest absolute Gasteiger partial charge is 0.338 e. The van der Waals surface area contributed by atoms with Crippen molar-refractivity contribution in [2.24, 2.45) is 0 Å². The highest BCUT2D eigenvalue weighted by Gasteiger charge is 2.13. The number of hydrogen-bond acceptors (Lipinski definition) is 2. The van der Waals surface area contributed by atoms with E-state index in [4.69, 9.17) is 0 Å². The van der Waals surface area contributed by atoms with Gasteiger partial charge in [0, 0.05) is 38.4 Å². The average Bonchev–Trinajstić information content (AvgIpc) is 2.44. The number of hydrogen-bond donors (Lipinski definition) is 1. The summed E-state index contributed by atoms with van der Waals surface area (Å²) in [4.78, 5) is 25.5. The minimum atomic E-state index is 0.00703. The Kier molecular flexibility index (Phi) is 6.31. The van der Waals surface area contributed by atoms with Crippen LogP contribution in [-0.2, 0) is 6.54 Å². The van der Waals surface area contributed by atoms with Gasteiger partial charge in [-0.2, -0.15) is 0 Å². The highest BCUT2D eigenvalue weighted by molar-refractivity contribution is 5.74. The second-order valence-electron chi connectivity index (χ2n) is 5.57. The molecule has 1 aliphatic rings. The van der Waals surface area contributed by atoms with Crippen molar-refractivity contribution in [3.05, 3.63) is 34.7 Å². The normalized spacial score (nSPS) is 16.1. The molecule has 0 bridgehead atoms. The predicted molar refractivity (Wildman–Crippen MR) is 83.4 cm³/mol.